The van der Waals surface area contributed by atoms with Crippen molar-refractivity contribution < 1.29 is 0 Å². The molecule has 4 rings (SSSR count). The van der Waals surface area contributed by atoms with E-state index in [0.29, 0.717) is 17.9 Å². The van der Waals surface area contributed by atoms with Crippen LogP contribution in [0, 0.1) is 5.92 Å². The van der Waals surface area contributed by atoms with Gasteiger partial charge < -0.3 is 15.6 Å². The lowest BCUT2D eigenvalue weighted by atomic mass is 9.72. The van der Waals surface area contributed by atoms with Crippen LogP contribution in [0.15, 0.2) is 18.2 Å². The Labute approximate surface area is 130 Å². The van der Waals surface area contributed by atoms with E-state index in [-0.39, 0.29) is 0 Å². The first-order chi connectivity index (χ1) is 10.2. The molecule has 3 atom stereocenters. The number of rotatable bonds is 2. The number of likely N-dealkylation sites (N-methyl/N-ethyl adjacent to an activating group) is 1. The van der Waals surface area contributed by atoms with Crippen LogP contribution in [0.4, 0.5) is 0 Å². The number of aromatic nitrogens is 1. The van der Waals surface area contributed by atoms with Crippen LogP contribution in [-0.4, -0.2) is 41.4 Å². The van der Waals surface area contributed by atoms with Crippen molar-refractivity contribution in [2.75, 3.05) is 20.1 Å². The maximum atomic E-state index is 5.95. The van der Waals surface area contributed by atoms with Crippen molar-refractivity contribution in [3.8, 4) is 0 Å². The van der Waals surface area contributed by atoms with Gasteiger partial charge in [-0.05, 0) is 49.5 Å². The third-order valence-corrected chi connectivity index (χ3v) is 5.66. The number of H-pyrrole nitrogens is 1. The van der Waals surface area contributed by atoms with Gasteiger partial charge in [0.25, 0.3) is 0 Å². The average Bonchev–Trinajstić information content (AvgIpc) is 2.87. The Kier molecular flexibility index (Phi) is 3.14. The molecule has 2 aliphatic rings. The number of hydrogen-bond donors (Lipinski definition) is 2. The molecule has 1 saturated heterocycles. The fourth-order valence-electron chi connectivity index (χ4n) is 4.44. The molecule has 0 spiro atoms. The van der Waals surface area contributed by atoms with E-state index in [4.69, 9.17) is 18.0 Å². The topological polar surface area (TPSA) is 45.0 Å². The lowest BCUT2D eigenvalue weighted by Gasteiger charge is -2.45. The van der Waals surface area contributed by atoms with Gasteiger partial charge in [0.15, 0.2) is 0 Å². The number of fused-ring (bicyclic) bond motifs is 2. The minimum absolute atomic E-state index is 0.579. The molecule has 21 heavy (non-hydrogen) atoms. The van der Waals surface area contributed by atoms with Gasteiger partial charge in [0, 0.05) is 34.8 Å². The monoisotopic (exact) mass is 299 g/mol. The van der Waals surface area contributed by atoms with Crippen LogP contribution in [0.25, 0.3) is 10.9 Å². The van der Waals surface area contributed by atoms with Crippen LogP contribution in [-0.2, 0) is 6.42 Å². The Morgan fingerprint density at radius 3 is 3.10 bits per heavy atom. The highest BCUT2D eigenvalue weighted by Crippen LogP contribution is 2.44. The normalized spacial score (nSPS) is 28.6. The Morgan fingerprint density at radius 1 is 1.48 bits per heavy atom. The molecule has 3 N–H and O–H groups in total. The number of benzene rings is 1. The van der Waals surface area contributed by atoms with Crippen molar-refractivity contribution in [3.05, 3.63) is 35.0 Å². The standard InChI is InChI=1S/C17H21N3S/c1-20-8-10(7-18)5-12-11-3-2-4-14-17(11)13(6-16(12)20)15(9-21)19-14/h2-4,9-10,12,16,19H,5-8,18H2,1H3/t10-,12?,16+/m0/s1. The number of nitrogens with two attached hydrogens (primary N) is 1. The van der Waals surface area contributed by atoms with Gasteiger partial charge >= 0.3 is 0 Å². The third kappa shape index (κ3) is 1.90. The molecule has 4 heteroatoms. The van der Waals surface area contributed by atoms with E-state index in [9.17, 15) is 0 Å². The number of thiocarbonyl (C=S) groups is 1. The van der Waals surface area contributed by atoms with Crippen LogP contribution >= 0.6 is 12.2 Å². The number of nitrogens with one attached hydrogen (secondary N) is 1. The molecule has 1 aliphatic heterocycles. The molecular weight excluding hydrogens is 278 g/mol. The Morgan fingerprint density at radius 2 is 2.33 bits per heavy atom. The highest BCUT2D eigenvalue weighted by Gasteiger charge is 2.39. The van der Waals surface area contributed by atoms with Crippen molar-refractivity contribution >= 4 is 28.5 Å². The Bertz CT molecular complexity index is 705. The van der Waals surface area contributed by atoms with Crippen LogP contribution in [0.1, 0.15) is 29.2 Å². The summed E-state index contributed by atoms with van der Waals surface area (Å²) in [5.74, 6) is 1.21. The molecule has 1 aromatic carbocycles. The van der Waals surface area contributed by atoms with Crippen molar-refractivity contribution in [3.63, 3.8) is 0 Å². The molecule has 1 aliphatic carbocycles. The molecule has 1 unspecified atom stereocenters. The summed E-state index contributed by atoms with van der Waals surface area (Å²) in [6.45, 7) is 1.90. The van der Waals surface area contributed by atoms with Gasteiger partial charge in [0.1, 0.15) is 0 Å². The molecule has 0 saturated carbocycles. The van der Waals surface area contributed by atoms with Gasteiger partial charge in [-0.2, -0.15) is 0 Å². The second-order valence-electron chi connectivity index (χ2n) is 6.56. The summed E-state index contributed by atoms with van der Waals surface area (Å²) in [6.07, 6.45) is 2.31. The predicted molar refractivity (Wildman–Crippen MR) is 91.1 cm³/mol. The third-order valence-electron chi connectivity index (χ3n) is 5.42. The maximum Gasteiger partial charge on any atom is 0.0533 e. The minimum Gasteiger partial charge on any atom is -0.354 e. The van der Waals surface area contributed by atoms with E-state index >= 15 is 0 Å². The Balaban J connectivity index is 1.91. The van der Waals surface area contributed by atoms with Crippen molar-refractivity contribution in [2.45, 2.75) is 24.8 Å². The van der Waals surface area contributed by atoms with E-state index in [0.717, 1.165) is 25.2 Å². The van der Waals surface area contributed by atoms with E-state index in [1.807, 2.05) is 0 Å². The predicted octanol–water partition coefficient (Wildman–Crippen LogP) is 2.43. The summed E-state index contributed by atoms with van der Waals surface area (Å²) in [5, 5.41) is 3.21. The minimum atomic E-state index is 0.579. The van der Waals surface area contributed by atoms with Gasteiger partial charge in [-0.3, -0.25) is 0 Å². The summed E-state index contributed by atoms with van der Waals surface area (Å²) in [7, 11) is 2.24. The zero-order valence-corrected chi connectivity index (χ0v) is 13.1. The lowest BCUT2D eigenvalue weighted by Crippen LogP contribution is -2.49. The van der Waals surface area contributed by atoms with Gasteiger partial charge in [0.05, 0.1) is 5.69 Å². The summed E-state index contributed by atoms with van der Waals surface area (Å²) in [5.41, 5.74) is 11.2. The van der Waals surface area contributed by atoms with E-state index < -0.39 is 0 Å². The van der Waals surface area contributed by atoms with E-state index in [1.54, 1.807) is 5.37 Å². The van der Waals surface area contributed by atoms with Crippen LogP contribution in [0.3, 0.4) is 0 Å². The molecule has 0 bridgehead atoms. The largest absolute Gasteiger partial charge is 0.354 e. The van der Waals surface area contributed by atoms with Crippen molar-refractivity contribution in [1.82, 2.24) is 9.88 Å². The molecule has 3 nitrogen and oxygen atoms in total. The van der Waals surface area contributed by atoms with Crippen molar-refractivity contribution in [1.29, 1.82) is 0 Å². The quantitative estimate of drug-likeness (QED) is 0.837. The zero-order chi connectivity index (χ0) is 14.6. The SMILES string of the molecule is CN1C[C@H](CN)CC2c3cccc4[nH]c(C=S)c(c34)C[C@H]21. The first kappa shape index (κ1) is 13.4. The molecule has 1 aromatic heterocycles. The number of nitrogens with zero attached hydrogens (tertiary/aromatic N) is 1. The second kappa shape index (κ2) is 4.90. The number of piperidine rings is 1. The average molecular weight is 299 g/mol. The first-order valence-electron chi connectivity index (χ1n) is 7.72. The Hall–Kier alpha value is -1.23. The van der Waals surface area contributed by atoms with Gasteiger partial charge in [-0.25, -0.2) is 0 Å². The first-order valence-corrected chi connectivity index (χ1v) is 8.19. The van der Waals surface area contributed by atoms with Gasteiger partial charge in [0.2, 0.25) is 0 Å². The highest BCUT2D eigenvalue weighted by molar-refractivity contribution is 7.79. The summed E-state index contributed by atoms with van der Waals surface area (Å²) >= 11 is 5.21. The summed E-state index contributed by atoms with van der Waals surface area (Å²) < 4.78 is 0. The fraction of sp³-hybridized carbons (Fsp3) is 0.471. The molecule has 0 radical (unpaired) electrons. The fourth-order valence-corrected chi connectivity index (χ4v) is 4.64. The highest BCUT2D eigenvalue weighted by atomic mass is 32.1. The number of likely N-dealkylation sites (tertiary alicyclic amines) is 1. The maximum absolute atomic E-state index is 5.95. The molecule has 110 valence electrons. The van der Waals surface area contributed by atoms with E-state index in [1.165, 1.54) is 28.5 Å². The number of aromatic amines is 1. The van der Waals surface area contributed by atoms with Gasteiger partial charge in [-0.15, -0.1) is 0 Å². The molecule has 0 amide bonds. The summed E-state index contributed by atoms with van der Waals surface area (Å²) in [6, 6.07) is 7.21. The summed E-state index contributed by atoms with van der Waals surface area (Å²) in [4.78, 5) is 6.00. The zero-order valence-electron chi connectivity index (χ0n) is 12.3. The lowest BCUT2D eigenvalue weighted by molar-refractivity contribution is 0.115. The molecule has 2 heterocycles. The smallest absolute Gasteiger partial charge is 0.0533 e. The van der Waals surface area contributed by atoms with Crippen molar-refractivity contribution in [2.24, 2.45) is 11.7 Å². The molecule has 1 fully saturated rings. The van der Waals surface area contributed by atoms with E-state index in [2.05, 4.69) is 35.1 Å². The molecular formula is C17H21N3S. The van der Waals surface area contributed by atoms with Gasteiger partial charge in [-0.1, -0.05) is 24.4 Å². The second-order valence-corrected chi connectivity index (χ2v) is 6.80. The molecule has 2 aromatic rings. The van der Waals surface area contributed by atoms with Crippen LogP contribution in [0.5, 0.6) is 0 Å². The van der Waals surface area contributed by atoms with Crippen LogP contribution in [0.2, 0.25) is 0 Å². The number of hydrogen-bond acceptors (Lipinski definition) is 3. The van der Waals surface area contributed by atoms with Crippen LogP contribution < -0.4 is 5.73 Å².